The lowest BCUT2D eigenvalue weighted by molar-refractivity contribution is -0.140. The van der Waals surface area contributed by atoms with Gasteiger partial charge >= 0.3 is 5.97 Å². The van der Waals surface area contributed by atoms with Gasteiger partial charge in [0.05, 0.1) is 5.75 Å². The summed E-state index contributed by atoms with van der Waals surface area (Å²) in [5.74, 6) is -1.07. The Morgan fingerprint density at radius 3 is 2.65 bits per heavy atom. The van der Waals surface area contributed by atoms with Crippen LogP contribution in [0.1, 0.15) is 12.5 Å². The predicted octanol–water partition coefficient (Wildman–Crippen LogP) is 1.68. The Bertz CT molecular complexity index is 420. The fourth-order valence-corrected chi connectivity index (χ4v) is 2.05. The van der Waals surface area contributed by atoms with E-state index in [9.17, 15) is 9.59 Å². The maximum atomic E-state index is 11.4. The number of nitrogens with one attached hydrogen (secondary N) is 1. The summed E-state index contributed by atoms with van der Waals surface area (Å²) in [6.45, 7) is 3.42. The minimum absolute atomic E-state index is 0.225. The lowest BCUT2D eigenvalue weighted by Gasteiger charge is -2.09. The van der Waals surface area contributed by atoms with Crippen LogP contribution in [0.2, 0.25) is 0 Å². The van der Waals surface area contributed by atoms with Crippen LogP contribution in [0.4, 0.5) is 0 Å². The number of carbonyl (C=O) groups excluding carboxylic acids is 1. The molecule has 0 saturated carbocycles. The Labute approximate surface area is 104 Å². The highest BCUT2D eigenvalue weighted by molar-refractivity contribution is 8.00. The normalized spacial score (nSPS) is 11.9. The number of aryl methyl sites for hydroxylation is 1. The van der Waals surface area contributed by atoms with Gasteiger partial charge in [0.15, 0.2) is 0 Å². The van der Waals surface area contributed by atoms with E-state index in [1.165, 1.54) is 18.7 Å². The highest BCUT2D eigenvalue weighted by atomic mass is 32.2. The molecule has 1 unspecified atom stereocenters. The van der Waals surface area contributed by atoms with Crippen molar-refractivity contribution in [2.75, 3.05) is 5.75 Å². The summed E-state index contributed by atoms with van der Waals surface area (Å²) in [7, 11) is 0. The van der Waals surface area contributed by atoms with Crippen molar-refractivity contribution >= 4 is 23.6 Å². The first-order valence-electron chi connectivity index (χ1n) is 5.21. The number of rotatable bonds is 5. The van der Waals surface area contributed by atoms with Crippen molar-refractivity contribution in [3.63, 3.8) is 0 Å². The largest absolute Gasteiger partial charge is 0.480 e. The van der Waals surface area contributed by atoms with Gasteiger partial charge in [0.1, 0.15) is 6.04 Å². The van der Waals surface area contributed by atoms with Crippen LogP contribution in [0.25, 0.3) is 0 Å². The van der Waals surface area contributed by atoms with E-state index in [1.807, 2.05) is 31.2 Å². The fraction of sp³-hybridized carbons (Fsp3) is 0.333. The molecule has 1 rings (SSSR count). The van der Waals surface area contributed by atoms with Crippen molar-refractivity contribution < 1.29 is 14.7 Å². The smallest absolute Gasteiger partial charge is 0.325 e. The molecule has 4 nitrogen and oxygen atoms in total. The average molecular weight is 253 g/mol. The molecule has 0 aromatic heterocycles. The monoisotopic (exact) mass is 253 g/mol. The number of carboxylic acid groups (broad SMARTS) is 1. The van der Waals surface area contributed by atoms with Gasteiger partial charge in [0.25, 0.3) is 0 Å². The van der Waals surface area contributed by atoms with Gasteiger partial charge in [-0.25, -0.2) is 0 Å². The minimum atomic E-state index is -1.03. The third-order valence-corrected chi connectivity index (χ3v) is 3.38. The molecule has 5 heteroatoms. The maximum Gasteiger partial charge on any atom is 0.325 e. The molecule has 1 atom stereocenters. The summed E-state index contributed by atoms with van der Waals surface area (Å²) >= 11 is 1.40. The highest BCUT2D eigenvalue weighted by Crippen LogP contribution is 2.21. The quantitative estimate of drug-likeness (QED) is 0.783. The summed E-state index contributed by atoms with van der Waals surface area (Å²) in [5, 5.41) is 11.0. The zero-order valence-electron chi connectivity index (χ0n) is 9.77. The second-order valence-corrected chi connectivity index (χ2v) is 4.70. The maximum absolute atomic E-state index is 11.4. The number of carbonyl (C=O) groups is 2. The predicted molar refractivity (Wildman–Crippen MR) is 67.1 cm³/mol. The first kappa shape index (κ1) is 13.6. The molecular weight excluding hydrogens is 238 g/mol. The molecule has 1 aromatic carbocycles. The first-order valence-corrected chi connectivity index (χ1v) is 6.20. The summed E-state index contributed by atoms with van der Waals surface area (Å²) < 4.78 is 0. The Balaban J connectivity index is 2.44. The van der Waals surface area contributed by atoms with E-state index in [-0.39, 0.29) is 11.7 Å². The Hall–Kier alpha value is -1.49. The summed E-state index contributed by atoms with van der Waals surface area (Å²) in [5.41, 5.74) is 1.11. The van der Waals surface area contributed by atoms with Gasteiger partial charge in [-0.2, -0.15) is 0 Å². The second-order valence-electron chi connectivity index (χ2n) is 3.68. The fourth-order valence-electron chi connectivity index (χ4n) is 1.21. The van der Waals surface area contributed by atoms with Gasteiger partial charge in [-0.3, -0.25) is 9.59 Å². The van der Waals surface area contributed by atoms with Crippen molar-refractivity contribution in [3.05, 3.63) is 29.8 Å². The van der Waals surface area contributed by atoms with Crippen molar-refractivity contribution in [1.29, 1.82) is 0 Å². The zero-order valence-corrected chi connectivity index (χ0v) is 10.6. The molecule has 0 fully saturated rings. The molecule has 0 aliphatic rings. The molecule has 1 aromatic rings. The Morgan fingerprint density at radius 2 is 2.06 bits per heavy atom. The van der Waals surface area contributed by atoms with Crippen LogP contribution in [-0.4, -0.2) is 28.8 Å². The number of hydrogen-bond acceptors (Lipinski definition) is 3. The van der Waals surface area contributed by atoms with Crippen LogP contribution >= 0.6 is 11.8 Å². The SMILES string of the molecule is Cc1ccccc1SCC(=O)NC(C)C(=O)O. The standard InChI is InChI=1S/C12H15NO3S/c1-8-5-3-4-6-10(8)17-7-11(14)13-9(2)12(15)16/h3-6,9H,7H2,1-2H3,(H,13,14)(H,15,16). The molecule has 0 aliphatic heterocycles. The van der Waals surface area contributed by atoms with Crippen molar-refractivity contribution in [2.24, 2.45) is 0 Å². The molecule has 92 valence electrons. The minimum Gasteiger partial charge on any atom is -0.480 e. The third kappa shape index (κ3) is 4.48. The molecule has 2 N–H and O–H groups in total. The van der Waals surface area contributed by atoms with E-state index in [1.54, 1.807) is 0 Å². The van der Waals surface area contributed by atoms with Gasteiger partial charge in [0.2, 0.25) is 5.91 Å². The second kappa shape index (κ2) is 6.30. The van der Waals surface area contributed by atoms with Crippen LogP contribution < -0.4 is 5.32 Å². The summed E-state index contributed by atoms with van der Waals surface area (Å²) in [4.78, 5) is 23.0. The van der Waals surface area contributed by atoms with Gasteiger partial charge in [-0.15, -0.1) is 11.8 Å². The summed E-state index contributed by atoms with van der Waals surface area (Å²) in [6, 6.07) is 6.91. The van der Waals surface area contributed by atoms with E-state index in [0.717, 1.165) is 10.5 Å². The zero-order chi connectivity index (χ0) is 12.8. The molecule has 0 radical (unpaired) electrons. The van der Waals surface area contributed by atoms with Crippen molar-refractivity contribution in [1.82, 2.24) is 5.32 Å². The highest BCUT2D eigenvalue weighted by Gasteiger charge is 2.13. The average Bonchev–Trinajstić information content (AvgIpc) is 2.27. The number of aliphatic carboxylic acids is 1. The molecule has 0 spiro atoms. The number of carboxylic acids is 1. The number of benzene rings is 1. The van der Waals surface area contributed by atoms with E-state index in [4.69, 9.17) is 5.11 Å². The van der Waals surface area contributed by atoms with Crippen LogP contribution in [0, 0.1) is 6.92 Å². The third-order valence-electron chi connectivity index (χ3n) is 2.20. The van der Waals surface area contributed by atoms with Gasteiger partial charge in [-0.1, -0.05) is 18.2 Å². The molecule has 17 heavy (non-hydrogen) atoms. The lowest BCUT2D eigenvalue weighted by Crippen LogP contribution is -2.39. The Morgan fingerprint density at radius 1 is 1.41 bits per heavy atom. The van der Waals surface area contributed by atoms with Crippen molar-refractivity contribution in [2.45, 2.75) is 24.8 Å². The molecule has 0 bridgehead atoms. The van der Waals surface area contributed by atoms with Gasteiger partial charge < -0.3 is 10.4 Å². The molecular formula is C12H15NO3S. The lowest BCUT2D eigenvalue weighted by atomic mass is 10.2. The number of hydrogen-bond donors (Lipinski definition) is 2. The molecule has 0 aliphatic carbocycles. The van der Waals surface area contributed by atoms with E-state index in [2.05, 4.69) is 5.32 Å². The number of amides is 1. The van der Waals surface area contributed by atoms with Crippen molar-refractivity contribution in [3.8, 4) is 0 Å². The number of thioether (sulfide) groups is 1. The first-order chi connectivity index (χ1) is 8.00. The van der Waals surface area contributed by atoms with E-state index in [0.29, 0.717) is 0 Å². The van der Waals surface area contributed by atoms with E-state index >= 15 is 0 Å². The van der Waals surface area contributed by atoms with Crippen LogP contribution in [0.3, 0.4) is 0 Å². The van der Waals surface area contributed by atoms with Crippen LogP contribution in [0.5, 0.6) is 0 Å². The Kier molecular flexibility index (Phi) is 5.03. The van der Waals surface area contributed by atoms with Gasteiger partial charge in [-0.05, 0) is 25.5 Å². The van der Waals surface area contributed by atoms with E-state index < -0.39 is 12.0 Å². The van der Waals surface area contributed by atoms with Crippen LogP contribution in [0.15, 0.2) is 29.2 Å². The van der Waals surface area contributed by atoms with Gasteiger partial charge in [0, 0.05) is 4.90 Å². The summed E-state index contributed by atoms with van der Waals surface area (Å²) in [6.07, 6.45) is 0. The van der Waals surface area contributed by atoms with Crippen LogP contribution in [-0.2, 0) is 9.59 Å². The topological polar surface area (TPSA) is 66.4 Å². The molecule has 0 heterocycles. The molecule has 0 saturated heterocycles. The molecule has 1 amide bonds.